The molecule has 7 heteroatoms. The Morgan fingerprint density at radius 3 is 2.77 bits per heavy atom. The van der Waals surface area contributed by atoms with E-state index in [9.17, 15) is 9.18 Å². The predicted octanol–water partition coefficient (Wildman–Crippen LogP) is 5.23. The van der Waals surface area contributed by atoms with Crippen molar-refractivity contribution in [2.24, 2.45) is 0 Å². The Kier molecular flexibility index (Phi) is 6.74. The quantitative estimate of drug-likeness (QED) is 0.568. The zero-order valence-corrected chi connectivity index (χ0v) is 17.0. The van der Waals surface area contributed by atoms with E-state index in [2.05, 4.69) is 10.3 Å². The van der Waals surface area contributed by atoms with Crippen LogP contribution in [0.2, 0.25) is 0 Å². The van der Waals surface area contributed by atoms with E-state index in [0.717, 1.165) is 18.4 Å². The second kappa shape index (κ2) is 10.0. The minimum Gasteiger partial charge on any atom is -0.455 e. The number of urea groups is 1. The summed E-state index contributed by atoms with van der Waals surface area (Å²) in [6.45, 7) is 1.43. The van der Waals surface area contributed by atoms with E-state index in [1.165, 1.54) is 6.07 Å². The number of aromatic nitrogens is 1. The van der Waals surface area contributed by atoms with E-state index in [1.54, 1.807) is 41.6 Å². The summed E-state index contributed by atoms with van der Waals surface area (Å²) in [5.74, 6) is 0.216. The molecule has 0 saturated carbocycles. The third-order valence-electron chi connectivity index (χ3n) is 5.01. The van der Waals surface area contributed by atoms with Gasteiger partial charge in [-0.2, -0.15) is 0 Å². The van der Waals surface area contributed by atoms with Crippen LogP contribution >= 0.6 is 0 Å². The van der Waals surface area contributed by atoms with Gasteiger partial charge >= 0.3 is 6.03 Å². The Morgan fingerprint density at radius 1 is 1.16 bits per heavy atom. The first kappa shape index (κ1) is 20.8. The Labute approximate surface area is 180 Å². The molecule has 1 saturated heterocycles. The predicted molar refractivity (Wildman–Crippen MR) is 116 cm³/mol. The second-order valence-electron chi connectivity index (χ2n) is 7.34. The summed E-state index contributed by atoms with van der Waals surface area (Å²) in [5, 5.41) is 2.70. The van der Waals surface area contributed by atoms with Crippen molar-refractivity contribution >= 4 is 11.7 Å². The van der Waals surface area contributed by atoms with E-state index >= 15 is 0 Å². The molecule has 2 heterocycles. The zero-order valence-electron chi connectivity index (χ0n) is 17.0. The van der Waals surface area contributed by atoms with Crippen LogP contribution in [0.15, 0.2) is 73.1 Å². The van der Waals surface area contributed by atoms with Crippen LogP contribution in [-0.2, 0) is 11.3 Å². The Morgan fingerprint density at radius 2 is 2.03 bits per heavy atom. The van der Waals surface area contributed by atoms with Crippen LogP contribution in [0.4, 0.5) is 14.9 Å². The first-order chi connectivity index (χ1) is 15.2. The van der Waals surface area contributed by atoms with Crippen molar-refractivity contribution < 1.29 is 18.7 Å². The van der Waals surface area contributed by atoms with Crippen LogP contribution in [0.3, 0.4) is 0 Å². The maximum Gasteiger partial charge on any atom is 0.322 e. The molecule has 1 aliphatic rings. The molecule has 0 aliphatic carbocycles. The smallest absolute Gasteiger partial charge is 0.322 e. The zero-order chi connectivity index (χ0) is 21.5. The number of rotatable bonds is 7. The lowest BCUT2D eigenvalue weighted by Crippen LogP contribution is -2.39. The van der Waals surface area contributed by atoms with Gasteiger partial charge in [-0.3, -0.25) is 4.98 Å². The number of nitrogens with zero attached hydrogens (tertiary/aromatic N) is 2. The summed E-state index contributed by atoms with van der Waals surface area (Å²) < 4.78 is 26.2. The number of halogens is 1. The van der Waals surface area contributed by atoms with Gasteiger partial charge in [0.1, 0.15) is 11.4 Å². The van der Waals surface area contributed by atoms with Crippen LogP contribution in [0.1, 0.15) is 18.4 Å². The third kappa shape index (κ3) is 5.58. The molecule has 2 amide bonds. The number of benzene rings is 2. The van der Waals surface area contributed by atoms with Crippen LogP contribution in [-0.4, -0.2) is 35.2 Å². The lowest BCUT2D eigenvalue weighted by Gasteiger charge is -2.26. The molecule has 1 N–H and O–H groups in total. The molecule has 6 nitrogen and oxygen atoms in total. The molecule has 0 bridgehead atoms. The maximum absolute atomic E-state index is 14.7. The van der Waals surface area contributed by atoms with E-state index in [-0.39, 0.29) is 17.5 Å². The van der Waals surface area contributed by atoms with Crippen LogP contribution < -0.4 is 10.1 Å². The van der Waals surface area contributed by atoms with Gasteiger partial charge in [0.2, 0.25) is 0 Å². The lowest BCUT2D eigenvalue weighted by atomic mass is 10.2. The molecule has 1 aromatic heterocycles. The fraction of sp³-hybridized carbons (Fsp3) is 0.250. The minimum atomic E-state index is -0.569. The molecule has 0 spiro atoms. The molecule has 0 radical (unpaired) electrons. The minimum absolute atomic E-state index is 0.000111. The average molecular weight is 421 g/mol. The van der Waals surface area contributed by atoms with E-state index in [4.69, 9.17) is 9.47 Å². The summed E-state index contributed by atoms with van der Waals surface area (Å²) in [5.41, 5.74) is 0.879. The highest BCUT2D eigenvalue weighted by Crippen LogP contribution is 2.32. The number of hydrogen-bond acceptors (Lipinski definition) is 4. The van der Waals surface area contributed by atoms with Gasteiger partial charge in [0.25, 0.3) is 0 Å². The second-order valence-corrected chi connectivity index (χ2v) is 7.34. The standard InChI is InChI=1S/C24H24FN3O3/c25-21-11-4-12-22(31-19-8-2-1-3-9-19)23(21)27-24(29)28(17-20-10-6-14-30-20)16-18-7-5-13-26-15-18/h1-5,7-9,11-13,15,20H,6,10,14,16-17H2,(H,27,29). The van der Waals surface area contributed by atoms with E-state index in [1.807, 2.05) is 30.3 Å². The SMILES string of the molecule is O=C(Nc1c(F)cccc1Oc1ccccc1)N(Cc1cccnc1)CC1CCCO1. The number of ether oxygens (including phenoxy) is 2. The summed E-state index contributed by atoms with van der Waals surface area (Å²) in [7, 11) is 0. The van der Waals surface area contributed by atoms with E-state index < -0.39 is 11.8 Å². The number of anilines is 1. The van der Waals surface area contributed by atoms with Gasteiger partial charge in [-0.25, -0.2) is 9.18 Å². The van der Waals surface area contributed by atoms with Crippen molar-refractivity contribution in [2.45, 2.75) is 25.5 Å². The van der Waals surface area contributed by atoms with Crippen molar-refractivity contribution in [3.05, 3.63) is 84.4 Å². The third-order valence-corrected chi connectivity index (χ3v) is 5.01. The largest absolute Gasteiger partial charge is 0.455 e. The molecule has 1 atom stereocenters. The number of amides is 2. The van der Waals surface area contributed by atoms with Gasteiger partial charge in [-0.15, -0.1) is 0 Å². The van der Waals surface area contributed by atoms with Gasteiger partial charge in [-0.05, 0) is 48.7 Å². The fourth-order valence-corrected chi connectivity index (χ4v) is 3.48. The Bertz CT molecular complexity index is 995. The maximum atomic E-state index is 14.7. The molecule has 1 unspecified atom stereocenters. The topological polar surface area (TPSA) is 63.7 Å². The number of pyridine rings is 1. The van der Waals surface area contributed by atoms with Crippen molar-refractivity contribution in [1.29, 1.82) is 0 Å². The van der Waals surface area contributed by atoms with Crippen LogP contribution in [0.5, 0.6) is 11.5 Å². The number of carbonyl (C=O) groups is 1. The molecule has 1 fully saturated rings. The van der Waals surface area contributed by atoms with Crippen molar-refractivity contribution in [1.82, 2.24) is 9.88 Å². The molecule has 31 heavy (non-hydrogen) atoms. The molecule has 2 aromatic carbocycles. The van der Waals surface area contributed by atoms with E-state index in [0.29, 0.717) is 25.4 Å². The normalized spacial score (nSPS) is 15.5. The highest BCUT2D eigenvalue weighted by molar-refractivity contribution is 5.91. The van der Waals surface area contributed by atoms with Crippen LogP contribution in [0, 0.1) is 5.82 Å². The van der Waals surface area contributed by atoms with Crippen molar-refractivity contribution in [3.63, 3.8) is 0 Å². The molecule has 4 rings (SSSR count). The first-order valence-electron chi connectivity index (χ1n) is 10.3. The number of hydrogen-bond donors (Lipinski definition) is 1. The monoisotopic (exact) mass is 421 g/mol. The number of para-hydroxylation sites is 2. The average Bonchev–Trinajstić information content (AvgIpc) is 3.30. The molecule has 160 valence electrons. The molecular weight excluding hydrogens is 397 g/mol. The summed E-state index contributed by atoms with van der Waals surface area (Å²) >= 11 is 0. The van der Waals surface area contributed by atoms with Gasteiger partial charge in [0.05, 0.1) is 6.10 Å². The van der Waals surface area contributed by atoms with Gasteiger partial charge in [0, 0.05) is 32.1 Å². The van der Waals surface area contributed by atoms with Gasteiger partial charge in [-0.1, -0.05) is 30.3 Å². The number of carbonyl (C=O) groups excluding carboxylic acids is 1. The highest BCUT2D eigenvalue weighted by Gasteiger charge is 2.24. The Hall–Kier alpha value is -3.45. The fourth-order valence-electron chi connectivity index (χ4n) is 3.48. The molecule has 1 aliphatic heterocycles. The van der Waals surface area contributed by atoms with Crippen LogP contribution in [0.25, 0.3) is 0 Å². The summed E-state index contributed by atoms with van der Waals surface area (Å²) in [6, 6.07) is 16.8. The van der Waals surface area contributed by atoms with Gasteiger partial charge in [0.15, 0.2) is 11.6 Å². The molecular formula is C24H24FN3O3. The first-order valence-corrected chi connectivity index (χ1v) is 10.3. The van der Waals surface area contributed by atoms with Crippen molar-refractivity contribution in [3.8, 4) is 11.5 Å². The number of nitrogens with one attached hydrogen (secondary N) is 1. The lowest BCUT2D eigenvalue weighted by molar-refractivity contribution is 0.0819. The van der Waals surface area contributed by atoms with Crippen molar-refractivity contribution in [2.75, 3.05) is 18.5 Å². The molecule has 3 aromatic rings. The summed E-state index contributed by atoms with van der Waals surface area (Å²) in [4.78, 5) is 18.9. The summed E-state index contributed by atoms with van der Waals surface area (Å²) in [6.07, 6.45) is 5.21. The van der Waals surface area contributed by atoms with Gasteiger partial charge < -0.3 is 19.7 Å². The Balaban J connectivity index is 1.54. The highest BCUT2D eigenvalue weighted by atomic mass is 19.1.